The smallest absolute Gasteiger partial charge is 0.294 e. The van der Waals surface area contributed by atoms with Crippen molar-refractivity contribution in [2.75, 3.05) is 31.6 Å². The number of nitriles is 1. The maximum absolute atomic E-state index is 9.10. The summed E-state index contributed by atoms with van der Waals surface area (Å²) in [5.41, 5.74) is 0.588. The van der Waals surface area contributed by atoms with Crippen molar-refractivity contribution in [3.63, 3.8) is 0 Å². The van der Waals surface area contributed by atoms with Crippen molar-refractivity contribution < 1.29 is 4.74 Å². The van der Waals surface area contributed by atoms with Crippen LogP contribution >= 0.6 is 11.3 Å². The minimum atomic E-state index is 0.540. The van der Waals surface area contributed by atoms with E-state index in [-0.39, 0.29) is 0 Å². The molecule has 0 aromatic carbocycles. The number of anilines is 1. The third-order valence-electron chi connectivity index (χ3n) is 3.93. The van der Waals surface area contributed by atoms with E-state index in [0.717, 1.165) is 37.6 Å². The molecule has 1 N–H and O–H groups in total. The van der Waals surface area contributed by atoms with Gasteiger partial charge in [-0.3, -0.25) is 4.90 Å². The van der Waals surface area contributed by atoms with Gasteiger partial charge in [-0.15, -0.1) is 10.2 Å². The summed E-state index contributed by atoms with van der Waals surface area (Å²) in [7, 11) is 0. The second kappa shape index (κ2) is 8.04. The van der Waals surface area contributed by atoms with E-state index in [1.807, 2.05) is 6.92 Å². The number of aromatic nitrogens is 3. The molecule has 2 aromatic heterocycles. The molecular weight excluding hydrogens is 324 g/mol. The SMILES string of the molecule is CCOc1nnc(CN2CC[C@H](CNc3ncccc3C#N)C2)s1. The van der Waals surface area contributed by atoms with Crippen LogP contribution < -0.4 is 10.1 Å². The first kappa shape index (κ1) is 16.6. The van der Waals surface area contributed by atoms with Gasteiger partial charge in [-0.2, -0.15) is 5.26 Å². The Hall–Kier alpha value is -2.24. The van der Waals surface area contributed by atoms with Crippen molar-refractivity contribution >= 4 is 17.2 Å². The number of likely N-dealkylation sites (tertiary alicyclic amines) is 1. The number of rotatable bonds is 7. The average molecular weight is 344 g/mol. The van der Waals surface area contributed by atoms with E-state index in [9.17, 15) is 0 Å². The van der Waals surface area contributed by atoms with E-state index in [4.69, 9.17) is 10.00 Å². The molecule has 0 radical (unpaired) electrons. The zero-order valence-corrected chi connectivity index (χ0v) is 14.4. The number of hydrogen-bond acceptors (Lipinski definition) is 8. The summed E-state index contributed by atoms with van der Waals surface area (Å²) in [6.45, 7) is 6.24. The number of ether oxygens (including phenoxy) is 1. The Morgan fingerprint density at radius 3 is 3.25 bits per heavy atom. The number of nitrogens with one attached hydrogen (secondary N) is 1. The standard InChI is InChI=1S/C16H20N6OS/c1-2-23-16-21-20-14(24-16)11-22-7-5-12(10-22)9-19-15-13(8-17)4-3-6-18-15/h3-4,6,12H,2,5,7,9-11H2,1H3,(H,18,19)/t12-/m1/s1. The molecule has 0 unspecified atom stereocenters. The average Bonchev–Trinajstić information content (AvgIpc) is 3.23. The van der Waals surface area contributed by atoms with Crippen LogP contribution in [0.4, 0.5) is 5.82 Å². The first-order valence-electron chi connectivity index (χ1n) is 8.05. The van der Waals surface area contributed by atoms with Crippen LogP contribution in [-0.2, 0) is 6.54 Å². The second-order valence-electron chi connectivity index (χ2n) is 5.68. The minimum Gasteiger partial charge on any atom is -0.469 e. The van der Waals surface area contributed by atoms with Gasteiger partial charge in [-0.05, 0) is 37.9 Å². The van der Waals surface area contributed by atoms with Gasteiger partial charge in [0.25, 0.3) is 5.19 Å². The summed E-state index contributed by atoms with van der Waals surface area (Å²) in [6, 6.07) is 5.72. The Labute approximate surface area is 145 Å². The third-order valence-corrected chi connectivity index (χ3v) is 4.75. The lowest BCUT2D eigenvalue weighted by Gasteiger charge is -2.15. The van der Waals surface area contributed by atoms with Crippen molar-refractivity contribution in [1.82, 2.24) is 20.1 Å². The molecule has 1 fully saturated rings. The van der Waals surface area contributed by atoms with Gasteiger partial charge in [0.05, 0.1) is 18.7 Å². The van der Waals surface area contributed by atoms with Crippen molar-refractivity contribution in [2.45, 2.75) is 19.9 Å². The van der Waals surface area contributed by atoms with Crippen LogP contribution in [0.5, 0.6) is 5.19 Å². The van der Waals surface area contributed by atoms with E-state index < -0.39 is 0 Å². The monoisotopic (exact) mass is 344 g/mol. The van der Waals surface area contributed by atoms with Crippen LogP contribution in [0.2, 0.25) is 0 Å². The maximum atomic E-state index is 9.10. The molecule has 1 aliphatic rings. The second-order valence-corrected chi connectivity index (χ2v) is 6.70. The lowest BCUT2D eigenvalue weighted by atomic mass is 10.1. The van der Waals surface area contributed by atoms with Gasteiger partial charge in [0.15, 0.2) is 0 Å². The first-order valence-corrected chi connectivity index (χ1v) is 8.86. The van der Waals surface area contributed by atoms with Gasteiger partial charge in [-0.1, -0.05) is 11.3 Å². The van der Waals surface area contributed by atoms with Crippen LogP contribution in [0.3, 0.4) is 0 Å². The normalized spacial score (nSPS) is 17.6. The predicted molar refractivity (Wildman–Crippen MR) is 91.9 cm³/mol. The molecule has 0 aliphatic carbocycles. The van der Waals surface area contributed by atoms with Crippen molar-refractivity contribution in [3.05, 3.63) is 28.9 Å². The zero-order chi connectivity index (χ0) is 16.8. The highest BCUT2D eigenvalue weighted by Gasteiger charge is 2.23. The van der Waals surface area contributed by atoms with Crippen LogP contribution in [0, 0.1) is 17.2 Å². The highest BCUT2D eigenvalue weighted by molar-refractivity contribution is 7.13. The summed E-state index contributed by atoms with van der Waals surface area (Å²) in [5, 5.41) is 22.2. The molecule has 0 saturated carbocycles. The largest absolute Gasteiger partial charge is 0.469 e. The molecule has 1 atom stereocenters. The fourth-order valence-corrected chi connectivity index (χ4v) is 3.56. The van der Waals surface area contributed by atoms with Gasteiger partial charge in [0.1, 0.15) is 16.9 Å². The lowest BCUT2D eigenvalue weighted by molar-refractivity contribution is 0.317. The minimum absolute atomic E-state index is 0.540. The molecule has 3 heterocycles. The predicted octanol–water partition coefficient (Wildman–Crippen LogP) is 2.14. The van der Waals surface area contributed by atoms with Crippen LogP contribution in [0.1, 0.15) is 23.9 Å². The van der Waals surface area contributed by atoms with Crippen molar-refractivity contribution in [1.29, 1.82) is 5.26 Å². The Bertz CT molecular complexity index is 713. The fourth-order valence-electron chi connectivity index (χ4n) is 2.78. The first-order chi connectivity index (χ1) is 11.8. The van der Waals surface area contributed by atoms with Gasteiger partial charge in [-0.25, -0.2) is 4.98 Å². The van der Waals surface area contributed by atoms with Gasteiger partial charge in [0, 0.05) is 19.3 Å². The molecule has 3 rings (SSSR count). The van der Waals surface area contributed by atoms with Gasteiger partial charge < -0.3 is 10.1 Å². The summed E-state index contributed by atoms with van der Waals surface area (Å²) in [6.07, 6.45) is 2.83. The fraction of sp³-hybridized carbons (Fsp3) is 0.500. The van der Waals surface area contributed by atoms with E-state index in [1.54, 1.807) is 18.3 Å². The van der Waals surface area contributed by atoms with Crippen molar-refractivity contribution in [3.8, 4) is 11.3 Å². The Kier molecular flexibility index (Phi) is 5.56. The Morgan fingerprint density at radius 2 is 2.42 bits per heavy atom. The maximum Gasteiger partial charge on any atom is 0.294 e. The summed E-state index contributed by atoms with van der Waals surface area (Å²) < 4.78 is 5.36. The van der Waals surface area contributed by atoms with Crippen LogP contribution in [0.25, 0.3) is 0 Å². The van der Waals surface area contributed by atoms with E-state index >= 15 is 0 Å². The quantitative estimate of drug-likeness (QED) is 0.823. The molecule has 1 saturated heterocycles. The highest BCUT2D eigenvalue weighted by atomic mass is 32.1. The van der Waals surface area contributed by atoms with E-state index in [1.165, 1.54) is 11.3 Å². The Morgan fingerprint density at radius 1 is 1.50 bits per heavy atom. The molecule has 0 bridgehead atoms. The Balaban J connectivity index is 1.47. The van der Waals surface area contributed by atoms with Gasteiger partial charge >= 0.3 is 0 Å². The van der Waals surface area contributed by atoms with Crippen molar-refractivity contribution in [2.24, 2.45) is 5.92 Å². The molecule has 0 spiro atoms. The number of hydrogen-bond donors (Lipinski definition) is 1. The summed E-state index contributed by atoms with van der Waals surface area (Å²) in [5.74, 6) is 1.21. The number of pyridine rings is 1. The summed E-state index contributed by atoms with van der Waals surface area (Å²) in [4.78, 5) is 6.62. The van der Waals surface area contributed by atoms with Crippen LogP contribution in [-0.4, -0.2) is 46.3 Å². The molecule has 2 aromatic rings. The highest BCUT2D eigenvalue weighted by Crippen LogP contribution is 2.23. The molecule has 7 nitrogen and oxygen atoms in total. The third kappa shape index (κ3) is 4.19. The van der Waals surface area contributed by atoms with E-state index in [0.29, 0.717) is 29.1 Å². The van der Waals surface area contributed by atoms with E-state index in [2.05, 4.69) is 31.5 Å². The zero-order valence-electron chi connectivity index (χ0n) is 13.6. The van der Waals surface area contributed by atoms with Gasteiger partial charge in [0.2, 0.25) is 0 Å². The molecule has 8 heteroatoms. The summed E-state index contributed by atoms with van der Waals surface area (Å²) >= 11 is 1.51. The molecule has 24 heavy (non-hydrogen) atoms. The van der Waals surface area contributed by atoms with Crippen LogP contribution in [0.15, 0.2) is 18.3 Å². The topological polar surface area (TPSA) is 87.0 Å². The molecule has 0 amide bonds. The molecular formula is C16H20N6OS. The number of nitrogens with zero attached hydrogens (tertiary/aromatic N) is 5. The lowest BCUT2D eigenvalue weighted by Crippen LogP contribution is -2.23. The molecule has 126 valence electrons. The molecule has 1 aliphatic heterocycles.